The lowest BCUT2D eigenvalue weighted by Gasteiger charge is -2.20. The van der Waals surface area contributed by atoms with E-state index in [0.29, 0.717) is 12.1 Å². The molecule has 4 heteroatoms. The molecule has 0 bridgehead atoms. The predicted octanol–water partition coefficient (Wildman–Crippen LogP) is 0.101. The maximum atomic E-state index is 9.95. The van der Waals surface area contributed by atoms with Crippen LogP contribution < -0.4 is 5.32 Å². The number of aryl methyl sites for hydroxylation is 1. The van der Waals surface area contributed by atoms with E-state index in [1.54, 1.807) is 19.2 Å². The van der Waals surface area contributed by atoms with Crippen LogP contribution >= 0.6 is 0 Å². The summed E-state index contributed by atoms with van der Waals surface area (Å²) in [6.45, 7) is 2.12. The first-order chi connectivity index (χ1) is 7.60. The van der Waals surface area contributed by atoms with Crippen molar-refractivity contribution in [3.8, 4) is 0 Å². The molecular weight excluding hydrogens is 206 g/mol. The van der Waals surface area contributed by atoms with Gasteiger partial charge in [0, 0.05) is 6.54 Å². The number of hydrogen-bond donors (Lipinski definition) is 4. The van der Waals surface area contributed by atoms with Crippen LogP contribution in [0.3, 0.4) is 0 Å². The zero-order valence-corrected chi connectivity index (χ0v) is 9.64. The number of rotatable bonds is 5. The van der Waals surface area contributed by atoms with Crippen LogP contribution in [0.5, 0.6) is 0 Å². The van der Waals surface area contributed by atoms with Crippen LogP contribution in [0, 0.1) is 6.92 Å². The van der Waals surface area contributed by atoms with Gasteiger partial charge in [0.15, 0.2) is 0 Å². The highest BCUT2D eigenvalue weighted by atomic mass is 16.3. The molecule has 0 radical (unpaired) electrons. The highest BCUT2D eigenvalue weighted by Crippen LogP contribution is 2.22. The van der Waals surface area contributed by atoms with Crippen molar-refractivity contribution in [3.63, 3.8) is 0 Å². The highest BCUT2D eigenvalue weighted by molar-refractivity contribution is 5.33. The summed E-state index contributed by atoms with van der Waals surface area (Å²) in [5, 5.41) is 31.5. The van der Waals surface area contributed by atoms with Crippen LogP contribution in [-0.4, -0.2) is 35.0 Å². The first kappa shape index (κ1) is 13.1. The number of hydrogen-bond acceptors (Lipinski definition) is 4. The van der Waals surface area contributed by atoms with E-state index in [1.165, 1.54) is 0 Å². The van der Waals surface area contributed by atoms with Gasteiger partial charge in [-0.05, 0) is 30.7 Å². The average Bonchev–Trinajstić information content (AvgIpc) is 2.29. The fourth-order valence-electron chi connectivity index (χ4n) is 1.63. The van der Waals surface area contributed by atoms with Crippen LogP contribution in [-0.2, 0) is 6.61 Å². The Morgan fingerprint density at radius 3 is 2.56 bits per heavy atom. The molecule has 4 N–H and O–H groups in total. The third-order valence-corrected chi connectivity index (χ3v) is 2.62. The molecule has 1 aromatic carbocycles. The minimum Gasteiger partial charge on any atom is -0.392 e. The molecule has 0 spiro atoms. The molecule has 90 valence electrons. The van der Waals surface area contributed by atoms with Gasteiger partial charge in [0.2, 0.25) is 0 Å². The Hall–Kier alpha value is -0.940. The van der Waals surface area contributed by atoms with Crippen molar-refractivity contribution in [1.82, 2.24) is 5.32 Å². The third-order valence-electron chi connectivity index (χ3n) is 2.62. The van der Waals surface area contributed by atoms with Crippen LogP contribution in [0.25, 0.3) is 0 Å². The van der Waals surface area contributed by atoms with Gasteiger partial charge in [0.05, 0.1) is 12.7 Å². The molecular formula is C12H19NO3. The van der Waals surface area contributed by atoms with E-state index >= 15 is 0 Å². The number of nitrogens with one attached hydrogen (secondary N) is 1. The number of likely N-dealkylation sites (N-methyl/N-ethyl adjacent to an activating group) is 1. The Morgan fingerprint density at radius 1 is 1.31 bits per heavy atom. The molecule has 0 saturated heterocycles. The normalized spacial score (nSPS) is 14.8. The summed E-state index contributed by atoms with van der Waals surface area (Å²) in [7, 11) is 1.72. The van der Waals surface area contributed by atoms with Gasteiger partial charge in [-0.1, -0.05) is 18.2 Å². The van der Waals surface area contributed by atoms with Crippen LogP contribution in [0.1, 0.15) is 22.8 Å². The Bertz CT molecular complexity index is 341. The maximum absolute atomic E-state index is 9.95. The van der Waals surface area contributed by atoms with Crippen molar-refractivity contribution in [3.05, 3.63) is 34.9 Å². The van der Waals surface area contributed by atoms with E-state index in [4.69, 9.17) is 5.11 Å². The van der Waals surface area contributed by atoms with E-state index in [-0.39, 0.29) is 6.61 Å². The quantitative estimate of drug-likeness (QED) is 0.573. The smallest absolute Gasteiger partial charge is 0.106 e. The van der Waals surface area contributed by atoms with E-state index in [2.05, 4.69) is 5.32 Å². The molecule has 0 amide bonds. The monoisotopic (exact) mass is 225 g/mol. The summed E-state index contributed by atoms with van der Waals surface area (Å²) in [6, 6.07) is 5.35. The van der Waals surface area contributed by atoms with Gasteiger partial charge in [0.25, 0.3) is 0 Å². The molecule has 0 saturated carbocycles. The minimum absolute atomic E-state index is 0.0673. The summed E-state index contributed by atoms with van der Waals surface area (Å²) in [6.07, 6.45) is -1.78. The number of benzene rings is 1. The second-order valence-electron chi connectivity index (χ2n) is 3.92. The van der Waals surface area contributed by atoms with Crippen LogP contribution in [0.4, 0.5) is 0 Å². The van der Waals surface area contributed by atoms with Gasteiger partial charge in [0.1, 0.15) is 6.10 Å². The van der Waals surface area contributed by atoms with Crippen molar-refractivity contribution >= 4 is 0 Å². The van der Waals surface area contributed by atoms with E-state index < -0.39 is 12.2 Å². The fraction of sp³-hybridized carbons (Fsp3) is 0.500. The molecule has 0 aliphatic heterocycles. The molecule has 0 heterocycles. The standard InChI is InChI=1S/C12H19NO3/c1-8-3-4-9(7-14)5-10(8)12(16)11(15)6-13-2/h3-5,11-16H,6-7H2,1-2H3. The summed E-state index contributed by atoms with van der Waals surface area (Å²) in [4.78, 5) is 0. The van der Waals surface area contributed by atoms with E-state index in [0.717, 1.165) is 11.1 Å². The summed E-state index contributed by atoms with van der Waals surface area (Å²) in [5.41, 5.74) is 2.30. The van der Waals surface area contributed by atoms with Gasteiger partial charge in [-0.25, -0.2) is 0 Å². The fourth-order valence-corrected chi connectivity index (χ4v) is 1.63. The van der Waals surface area contributed by atoms with Crippen LogP contribution in [0.2, 0.25) is 0 Å². The lowest BCUT2D eigenvalue weighted by molar-refractivity contribution is 0.0198. The lowest BCUT2D eigenvalue weighted by Crippen LogP contribution is -2.30. The van der Waals surface area contributed by atoms with Gasteiger partial charge >= 0.3 is 0 Å². The molecule has 1 aromatic rings. The summed E-state index contributed by atoms with van der Waals surface area (Å²) < 4.78 is 0. The highest BCUT2D eigenvalue weighted by Gasteiger charge is 2.19. The van der Waals surface area contributed by atoms with Crippen LogP contribution in [0.15, 0.2) is 18.2 Å². The van der Waals surface area contributed by atoms with Crippen molar-refractivity contribution in [2.24, 2.45) is 0 Å². The van der Waals surface area contributed by atoms with Gasteiger partial charge in [-0.3, -0.25) is 0 Å². The second-order valence-corrected chi connectivity index (χ2v) is 3.92. The lowest BCUT2D eigenvalue weighted by atomic mass is 9.97. The first-order valence-corrected chi connectivity index (χ1v) is 5.31. The molecule has 0 fully saturated rings. The Labute approximate surface area is 95.6 Å². The van der Waals surface area contributed by atoms with E-state index in [9.17, 15) is 10.2 Å². The SMILES string of the molecule is CNCC(O)C(O)c1cc(CO)ccc1C. The van der Waals surface area contributed by atoms with Crippen molar-refractivity contribution in [1.29, 1.82) is 0 Å². The second kappa shape index (κ2) is 5.96. The molecule has 4 nitrogen and oxygen atoms in total. The number of aliphatic hydroxyl groups is 3. The zero-order chi connectivity index (χ0) is 12.1. The summed E-state index contributed by atoms with van der Waals surface area (Å²) >= 11 is 0. The van der Waals surface area contributed by atoms with Crippen molar-refractivity contribution < 1.29 is 15.3 Å². The van der Waals surface area contributed by atoms with E-state index in [1.807, 2.05) is 13.0 Å². The minimum atomic E-state index is -0.932. The maximum Gasteiger partial charge on any atom is 0.106 e. The summed E-state index contributed by atoms with van der Waals surface area (Å²) in [5.74, 6) is 0. The van der Waals surface area contributed by atoms with Gasteiger partial charge < -0.3 is 20.6 Å². The molecule has 0 aliphatic carbocycles. The molecule has 2 atom stereocenters. The van der Waals surface area contributed by atoms with Gasteiger partial charge in [-0.15, -0.1) is 0 Å². The number of aliphatic hydroxyl groups excluding tert-OH is 3. The molecule has 2 unspecified atom stereocenters. The third kappa shape index (κ3) is 3.02. The van der Waals surface area contributed by atoms with Crippen molar-refractivity contribution in [2.45, 2.75) is 25.7 Å². The average molecular weight is 225 g/mol. The Balaban J connectivity index is 2.92. The molecule has 0 aliphatic rings. The topological polar surface area (TPSA) is 72.7 Å². The predicted molar refractivity (Wildman–Crippen MR) is 62.0 cm³/mol. The largest absolute Gasteiger partial charge is 0.392 e. The van der Waals surface area contributed by atoms with Crippen molar-refractivity contribution in [2.75, 3.05) is 13.6 Å². The molecule has 0 aromatic heterocycles. The molecule has 1 rings (SSSR count). The zero-order valence-electron chi connectivity index (χ0n) is 9.64. The first-order valence-electron chi connectivity index (χ1n) is 5.31. The van der Waals surface area contributed by atoms with Gasteiger partial charge in [-0.2, -0.15) is 0 Å². The Kier molecular flexibility index (Phi) is 4.89. The molecule has 16 heavy (non-hydrogen) atoms. The Morgan fingerprint density at radius 2 is 2.00 bits per heavy atom.